The summed E-state index contributed by atoms with van der Waals surface area (Å²) in [6.07, 6.45) is 5.87. The van der Waals surface area contributed by atoms with Gasteiger partial charge in [-0.3, -0.25) is 4.79 Å². The fraction of sp³-hybridized carbons (Fsp3) is 0.529. The van der Waals surface area contributed by atoms with E-state index in [1.54, 1.807) is 6.07 Å². The Balaban J connectivity index is 1.56. The van der Waals surface area contributed by atoms with E-state index in [2.05, 4.69) is 22.4 Å². The summed E-state index contributed by atoms with van der Waals surface area (Å²) in [5.41, 5.74) is -0.457. The maximum atomic E-state index is 12.2. The van der Waals surface area contributed by atoms with Crippen molar-refractivity contribution in [1.29, 1.82) is 0 Å². The van der Waals surface area contributed by atoms with Crippen LogP contribution in [0.2, 0.25) is 0 Å². The molecule has 2 heterocycles. The Labute approximate surface area is 144 Å². The molecule has 0 bridgehead atoms. The normalized spacial score (nSPS) is 23.3. The van der Waals surface area contributed by atoms with Gasteiger partial charge in [0.15, 0.2) is 0 Å². The first-order valence-corrected chi connectivity index (χ1v) is 8.38. The molecule has 0 atom stereocenters. The maximum Gasteiger partial charge on any atom is 0.329 e. The van der Waals surface area contributed by atoms with Gasteiger partial charge in [0, 0.05) is 12.8 Å². The molecule has 1 amide bonds. The van der Waals surface area contributed by atoms with Gasteiger partial charge < -0.3 is 19.4 Å². The highest BCUT2D eigenvalue weighted by molar-refractivity contribution is 5.87. The van der Waals surface area contributed by atoms with Crippen LogP contribution in [0.15, 0.2) is 27.5 Å². The van der Waals surface area contributed by atoms with Gasteiger partial charge in [-0.2, -0.15) is 4.98 Å². The van der Waals surface area contributed by atoms with E-state index in [0.717, 1.165) is 12.8 Å². The third kappa shape index (κ3) is 3.89. The van der Waals surface area contributed by atoms with E-state index in [1.807, 2.05) is 0 Å². The predicted molar refractivity (Wildman–Crippen MR) is 86.5 cm³/mol. The van der Waals surface area contributed by atoms with Crippen LogP contribution in [0.3, 0.4) is 0 Å². The molecule has 25 heavy (non-hydrogen) atoms. The van der Waals surface area contributed by atoms with Gasteiger partial charge in [-0.15, -0.1) is 0 Å². The number of nitrogens with one attached hydrogen (secondary N) is 1. The summed E-state index contributed by atoms with van der Waals surface area (Å²) in [5, 5.41) is 16.1. The van der Waals surface area contributed by atoms with Gasteiger partial charge in [0.05, 0.1) is 11.8 Å². The number of hydrogen-bond acceptors (Lipinski definition) is 6. The fourth-order valence-electron chi connectivity index (χ4n) is 3.06. The zero-order chi connectivity index (χ0) is 17.9. The molecule has 1 fully saturated rings. The van der Waals surface area contributed by atoms with E-state index in [9.17, 15) is 14.7 Å². The standard InChI is InChI=1S/C17H21N3O5/c1-11-4-7-17(8-5-11,16(22)23)19-13(21)2-3-14-18-15(20-25-14)12-6-9-24-10-12/h6,9-11H,2-5,7-8H2,1H3,(H,19,21)(H,22,23). The highest BCUT2D eigenvalue weighted by Crippen LogP contribution is 2.32. The lowest BCUT2D eigenvalue weighted by Gasteiger charge is -2.36. The van der Waals surface area contributed by atoms with Gasteiger partial charge in [0.1, 0.15) is 11.8 Å². The average molecular weight is 347 g/mol. The predicted octanol–water partition coefficient (Wildman–Crippen LogP) is 2.41. The third-order valence-electron chi connectivity index (χ3n) is 4.73. The van der Waals surface area contributed by atoms with Crippen molar-refractivity contribution in [1.82, 2.24) is 15.5 Å². The minimum Gasteiger partial charge on any atom is -0.480 e. The average Bonchev–Trinajstić information content (AvgIpc) is 3.26. The van der Waals surface area contributed by atoms with Crippen LogP contribution in [0.1, 0.15) is 44.9 Å². The highest BCUT2D eigenvalue weighted by Gasteiger charge is 2.42. The van der Waals surface area contributed by atoms with Gasteiger partial charge in [-0.25, -0.2) is 4.79 Å². The molecule has 1 saturated carbocycles. The number of carboxylic acids is 1. The molecule has 0 unspecified atom stereocenters. The van der Waals surface area contributed by atoms with Gasteiger partial charge in [-0.1, -0.05) is 12.1 Å². The summed E-state index contributed by atoms with van der Waals surface area (Å²) in [5.74, 6) is -0.0719. The van der Waals surface area contributed by atoms with Crippen LogP contribution < -0.4 is 5.32 Å². The fourth-order valence-corrected chi connectivity index (χ4v) is 3.06. The Morgan fingerprint density at radius 3 is 2.80 bits per heavy atom. The highest BCUT2D eigenvalue weighted by atomic mass is 16.5. The van der Waals surface area contributed by atoms with E-state index in [-0.39, 0.29) is 18.7 Å². The van der Waals surface area contributed by atoms with Crippen LogP contribution in [0.4, 0.5) is 0 Å². The number of aryl methyl sites for hydroxylation is 1. The number of nitrogens with zero attached hydrogens (tertiary/aromatic N) is 2. The van der Waals surface area contributed by atoms with Crippen molar-refractivity contribution in [2.24, 2.45) is 5.92 Å². The second-order valence-corrected chi connectivity index (χ2v) is 6.64. The first kappa shape index (κ1) is 17.2. The van der Waals surface area contributed by atoms with E-state index in [0.29, 0.717) is 36.0 Å². The Kier molecular flexibility index (Phi) is 4.87. The number of rotatable bonds is 6. The third-order valence-corrected chi connectivity index (χ3v) is 4.73. The molecule has 0 aromatic carbocycles. The molecule has 1 aliphatic carbocycles. The smallest absolute Gasteiger partial charge is 0.329 e. The molecule has 2 N–H and O–H groups in total. The number of furan rings is 1. The van der Waals surface area contributed by atoms with Gasteiger partial charge in [-0.05, 0) is 37.7 Å². The second-order valence-electron chi connectivity index (χ2n) is 6.64. The summed E-state index contributed by atoms with van der Waals surface area (Å²) in [6.45, 7) is 2.10. The maximum absolute atomic E-state index is 12.2. The number of carbonyl (C=O) groups excluding carboxylic acids is 1. The van der Waals surface area contributed by atoms with Gasteiger partial charge >= 0.3 is 5.97 Å². The monoisotopic (exact) mass is 347 g/mol. The Morgan fingerprint density at radius 2 is 2.16 bits per heavy atom. The minimum atomic E-state index is -1.15. The quantitative estimate of drug-likeness (QED) is 0.823. The van der Waals surface area contributed by atoms with Crippen molar-refractivity contribution in [2.45, 2.75) is 51.0 Å². The molecule has 3 rings (SSSR count). The van der Waals surface area contributed by atoms with Crippen LogP contribution in [-0.4, -0.2) is 32.7 Å². The molecule has 0 saturated heterocycles. The van der Waals surface area contributed by atoms with Crippen LogP contribution in [0.25, 0.3) is 11.4 Å². The Hall–Kier alpha value is -2.64. The molecular formula is C17H21N3O5. The SMILES string of the molecule is CC1CCC(NC(=O)CCc2nc(-c3ccoc3)no2)(C(=O)O)CC1. The summed E-state index contributed by atoms with van der Waals surface area (Å²) in [7, 11) is 0. The molecule has 1 aliphatic rings. The van der Waals surface area contributed by atoms with Crippen LogP contribution in [0, 0.1) is 5.92 Å². The van der Waals surface area contributed by atoms with E-state index in [1.165, 1.54) is 12.5 Å². The number of aliphatic carboxylic acids is 1. The number of carbonyl (C=O) groups is 2. The van der Waals surface area contributed by atoms with E-state index >= 15 is 0 Å². The first-order valence-electron chi connectivity index (χ1n) is 8.38. The topological polar surface area (TPSA) is 118 Å². The number of hydrogen-bond donors (Lipinski definition) is 2. The summed E-state index contributed by atoms with van der Waals surface area (Å²) >= 11 is 0. The number of carboxylic acid groups (broad SMARTS) is 1. The molecule has 2 aromatic heterocycles. The Morgan fingerprint density at radius 1 is 1.40 bits per heavy atom. The van der Waals surface area contributed by atoms with Crippen molar-refractivity contribution in [3.8, 4) is 11.4 Å². The van der Waals surface area contributed by atoms with Crippen molar-refractivity contribution >= 4 is 11.9 Å². The molecule has 0 aliphatic heterocycles. The zero-order valence-corrected chi connectivity index (χ0v) is 14.0. The van der Waals surface area contributed by atoms with Crippen molar-refractivity contribution < 1.29 is 23.6 Å². The summed E-state index contributed by atoms with van der Waals surface area (Å²) in [6, 6.07) is 1.71. The number of amides is 1. The van der Waals surface area contributed by atoms with Crippen molar-refractivity contribution in [3.05, 3.63) is 24.5 Å². The van der Waals surface area contributed by atoms with Crippen LogP contribution in [0.5, 0.6) is 0 Å². The van der Waals surface area contributed by atoms with Crippen LogP contribution in [-0.2, 0) is 16.0 Å². The number of aromatic nitrogens is 2. The molecule has 0 spiro atoms. The molecule has 8 nitrogen and oxygen atoms in total. The van der Waals surface area contributed by atoms with Crippen molar-refractivity contribution in [3.63, 3.8) is 0 Å². The molecule has 0 radical (unpaired) electrons. The largest absolute Gasteiger partial charge is 0.480 e. The summed E-state index contributed by atoms with van der Waals surface area (Å²) < 4.78 is 10.1. The molecule has 134 valence electrons. The van der Waals surface area contributed by atoms with E-state index in [4.69, 9.17) is 8.94 Å². The van der Waals surface area contributed by atoms with Crippen molar-refractivity contribution in [2.75, 3.05) is 0 Å². The zero-order valence-electron chi connectivity index (χ0n) is 14.0. The lowest BCUT2D eigenvalue weighted by molar-refractivity contribution is -0.149. The lowest BCUT2D eigenvalue weighted by Crippen LogP contribution is -2.56. The Bertz CT molecular complexity index is 729. The molecular weight excluding hydrogens is 326 g/mol. The molecule has 8 heteroatoms. The van der Waals surface area contributed by atoms with Crippen LogP contribution >= 0.6 is 0 Å². The van der Waals surface area contributed by atoms with E-state index < -0.39 is 11.5 Å². The second kappa shape index (κ2) is 7.08. The first-order chi connectivity index (χ1) is 12.0. The summed E-state index contributed by atoms with van der Waals surface area (Å²) in [4.78, 5) is 28.1. The van der Waals surface area contributed by atoms with Gasteiger partial charge in [0.2, 0.25) is 17.6 Å². The minimum absolute atomic E-state index is 0.0948. The van der Waals surface area contributed by atoms with Gasteiger partial charge in [0.25, 0.3) is 0 Å². The lowest BCUT2D eigenvalue weighted by atomic mass is 9.77. The molecule has 2 aromatic rings.